The summed E-state index contributed by atoms with van der Waals surface area (Å²) in [6.07, 6.45) is 3.29. The van der Waals surface area contributed by atoms with E-state index in [2.05, 4.69) is 17.1 Å². The topological polar surface area (TPSA) is 25.8 Å². The zero-order valence-corrected chi connectivity index (χ0v) is 9.24. The van der Waals surface area contributed by atoms with Crippen molar-refractivity contribution in [1.82, 2.24) is 10.2 Å². The van der Waals surface area contributed by atoms with Crippen LogP contribution in [0.15, 0.2) is 0 Å². The number of alkyl halides is 1. The van der Waals surface area contributed by atoms with Gasteiger partial charge in [0.15, 0.2) is 0 Å². The van der Waals surface area contributed by atoms with Crippen molar-refractivity contribution in [3.63, 3.8) is 0 Å². The molecule has 4 heteroatoms. The molecule has 0 N–H and O–H groups in total. The average Bonchev–Trinajstić information content (AvgIpc) is 2.67. The summed E-state index contributed by atoms with van der Waals surface area (Å²) in [6, 6.07) is 0. The van der Waals surface area contributed by atoms with Gasteiger partial charge in [0.25, 0.3) is 0 Å². The third-order valence-electron chi connectivity index (χ3n) is 2.43. The van der Waals surface area contributed by atoms with Gasteiger partial charge in [-0.15, -0.1) is 33.1 Å². The number of rotatable bonds is 4. The maximum atomic E-state index is 5.61. The monoisotopic (exact) mass is 216 g/mol. The smallest absolute Gasteiger partial charge is 0.120 e. The molecular weight excluding hydrogens is 204 g/mol. The molecule has 0 spiro atoms. The molecule has 2 unspecified atom stereocenters. The quantitative estimate of drug-likeness (QED) is 0.724. The Hall–Kier alpha value is -0.150. The van der Waals surface area contributed by atoms with E-state index < -0.39 is 0 Å². The first kappa shape index (κ1) is 9.41. The standard InChI is InChI=1S/C9H13ClN2S/c1-6-5-7(6)9-12-11-8(13-9)3-2-4-10/h6-7H,2-5H2,1H3. The molecule has 0 saturated heterocycles. The van der Waals surface area contributed by atoms with Gasteiger partial charge in [0.2, 0.25) is 0 Å². The molecule has 2 atom stereocenters. The molecule has 0 radical (unpaired) electrons. The van der Waals surface area contributed by atoms with Crippen molar-refractivity contribution in [2.45, 2.75) is 32.1 Å². The molecule has 1 fully saturated rings. The van der Waals surface area contributed by atoms with E-state index in [1.807, 2.05) is 0 Å². The summed E-state index contributed by atoms with van der Waals surface area (Å²) < 4.78 is 0. The van der Waals surface area contributed by atoms with Crippen molar-refractivity contribution in [1.29, 1.82) is 0 Å². The van der Waals surface area contributed by atoms with Gasteiger partial charge in [-0.05, 0) is 18.8 Å². The van der Waals surface area contributed by atoms with Crippen LogP contribution in [0.25, 0.3) is 0 Å². The number of aryl methyl sites for hydroxylation is 1. The third-order valence-corrected chi connectivity index (χ3v) is 3.82. The van der Waals surface area contributed by atoms with Gasteiger partial charge in [-0.25, -0.2) is 0 Å². The first-order valence-corrected chi connectivity index (χ1v) is 6.04. The predicted octanol–water partition coefficient (Wildman–Crippen LogP) is 2.83. The lowest BCUT2D eigenvalue weighted by Crippen LogP contribution is -1.84. The molecule has 0 aliphatic heterocycles. The van der Waals surface area contributed by atoms with Gasteiger partial charge >= 0.3 is 0 Å². The minimum absolute atomic E-state index is 0.710. The zero-order chi connectivity index (χ0) is 9.26. The molecule has 13 heavy (non-hydrogen) atoms. The van der Waals surface area contributed by atoms with Crippen molar-refractivity contribution < 1.29 is 0 Å². The van der Waals surface area contributed by atoms with Crippen LogP contribution in [-0.4, -0.2) is 16.1 Å². The Kier molecular flexibility index (Phi) is 2.84. The van der Waals surface area contributed by atoms with E-state index in [1.165, 1.54) is 11.4 Å². The molecule has 1 heterocycles. The van der Waals surface area contributed by atoms with E-state index in [-0.39, 0.29) is 0 Å². The number of nitrogens with zero attached hydrogens (tertiary/aromatic N) is 2. The van der Waals surface area contributed by atoms with Crippen LogP contribution in [0, 0.1) is 5.92 Å². The highest BCUT2D eigenvalue weighted by Gasteiger charge is 2.36. The minimum Gasteiger partial charge on any atom is -0.144 e. The van der Waals surface area contributed by atoms with Gasteiger partial charge < -0.3 is 0 Å². The second-order valence-electron chi connectivity index (χ2n) is 3.65. The summed E-state index contributed by atoms with van der Waals surface area (Å²) in [6.45, 7) is 2.27. The summed E-state index contributed by atoms with van der Waals surface area (Å²) in [7, 11) is 0. The molecule has 2 nitrogen and oxygen atoms in total. The minimum atomic E-state index is 0.710. The highest BCUT2D eigenvalue weighted by Crippen LogP contribution is 2.47. The van der Waals surface area contributed by atoms with Crippen LogP contribution >= 0.6 is 22.9 Å². The van der Waals surface area contributed by atoms with Crippen LogP contribution < -0.4 is 0 Å². The Morgan fingerprint density at radius 2 is 2.31 bits per heavy atom. The van der Waals surface area contributed by atoms with Crippen molar-refractivity contribution in [3.8, 4) is 0 Å². The molecule has 0 amide bonds. The first-order chi connectivity index (χ1) is 6.31. The second-order valence-corrected chi connectivity index (χ2v) is 5.12. The van der Waals surface area contributed by atoms with Crippen molar-refractivity contribution in [3.05, 3.63) is 10.0 Å². The first-order valence-electron chi connectivity index (χ1n) is 4.69. The van der Waals surface area contributed by atoms with Gasteiger partial charge in [0.05, 0.1) is 0 Å². The number of halogens is 1. The van der Waals surface area contributed by atoms with E-state index in [1.54, 1.807) is 11.3 Å². The summed E-state index contributed by atoms with van der Waals surface area (Å²) in [5.41, 5.74) is 0. The summed E-state index contributed by atoms with van der Waals surface area (Å²) in [4.78, 5) is 0. The van der Waals surface area contributed by atoms with Gasteiger partial charge in [-0.3, -0.25) is 0 Å². The third kappa shape index (κ3) is 2.20. The van der Waals surface area contributed by atoms with E-state index in [9.17, 15) is 0 Å². The van der Waals surface area contributed by atoms with Crippen LogP contribution in [0.5, 0.6) is 0 Å². The highest BCUT2D eigenvalue weighted by atomic mass is 35.5. The fourth-order valence-electron chi connectivity index (χ4n) is 1.40. The summed E-state index contributed by atoms with van der Waals surface area (Å²) >= 11 is 7.38. The van der Waals surface area contributed by atoms with Crippen molar-refractivity contribution in [2.24, 2.45) is 5.92 Å². The van der Waals surface area contributed by atoms with Gasteiger partial charge in [-0.1, -0.05) is 6.92 Å². The fraction of sp³-hybridized carbons (Fsp3) is 0.778. The normalized spacial score (nSPS) is 26.3. The van der Waals surface area contributed by atoms with Gasteiger partial charge in [0.1, 0.15) is 10.0 Å². The molecule has 2 rings (SSSR count). The Morgan fingerprint density at radius 1 is 1.54 bits per heavy atom. The SMILES string of the molecule is CC1CC1c1nnc(CCCCl)s1. The molecule has 0 aromatic carbocycles. The second kappa shape index (κ2) is 3.93. The number of aromatic nitrogens is 2. The van der Waals surface area contributed by atoms with E-state index in [0.717, 1.165) is 29.6 Å². The van der Waals surface area contributed by atoms with Gasteiger partial charge in [0, 0.05) is 18.2 Å². The molecule has 1 aromatic heterocycles. The Balaban J connectivity index is 1.94. The number of hydrogen-bond donors (Lipinski definition) is 0. The maximum Gasteiger partial charge on any atom is 0.120 e. The molecule has 72 valence electrons. The zero-order valence-electron chi connectivity index (χ0n) is 7.66. The van der Waals surface area contributed by atoms with Gasteiger partial charge in [-0.2, -0.15) is 0 Å². The highest BCUT2D eigenvalue weighted by molar-refractivity contribution is 7.11. The van der Waals surface area contributed by atoms with E-state index in [0.29, 0.717) is 5.92 Å². The largest absolute Gasteiger partial charge is 0.144 e. The lowest BCUT2D eigenvalue weighted by Gasteiger charge is -1.88. The molecule has 0 bridgehead atoms. The molecule has 1 saturated carbocycles. The van der Waals surface area contributed by atoms with Crippen LogP contribution in [-0.2, 0) is 6.42 Å². The molecule has 1 aliphatic rings. The Bertz CT molecular complexity index is 287. The van der Waals surface area contributed by atoms with Crippen LogP contribution in [0.2, 0.25) is 0 Å². The van der Waals surface area contributed by atoms with E-state index in [4.69, 9.17) is 11.6 Å². The van der Waals surface area contributed by atoms with Crippen LogP contribution in [0.3, 0.4) is 0 Å². The predicted molar refractivity (Wildman–Crippen MR) is 55.5 cm³/mol. The number of hydrogen-bond acceptors (Lipinski definition) is 3. The maximum absolute atomic E-state index is 5.61. The Morgan fingerprint density at radius 3 is 2.92 bits per heavy atom. The molecule has 1 aromatic rings. The van der Waals surface area contributed by atoms with Crippen molar-refractivity contribution in [2.75, 3.05) is 5.88 Å². The lowest BCUT2D eigenvalue weighted by atomic mass is 10.4. The average molecular weight is 217 g/mol. The van der Waals surface area contributed by atoms with Crippen LogP contribution in [0.1, 0.15) is 35.7 Å². The van der Waals surface area contributed by atoms with E-state index >= 15 is 0 Å². The lowest BCUT2D eigenvalue weighted by molar-refractivity contribution is 0.850. The Labute approximate surface area is 87.3 Å². The summed E-state index contributed by atoms with van der Waals surface area (Å²) in [5.74, 6) is 2.26. The fourth-order valence-corrected chi connectivity index (χ4v) is 2.67. The molecule has 1 aliphatic carbocycles. The summed E-state index contributed by atoms with van der Waals surface area (Å²) in [5, 5.41) is 10.7. The van der Waals surface area contributed by atoms with Crippen molar-refractivity contribution >= 4 is 22.9 Å². The van der Waals surface area contributed by atoms with Crippen LogP contribution in [0.4, 0.5) is 0 Å². The molecular formula is C9H13ClN2S.